The van der Waals surface area contributed by atoms with E-state index in [4.69, 9.17) is 69.4 Å². The van der Waals surface area contributed by atoms with Gasteiger partial charge in [0.2, 0.25) is 23.4 Å². The minimum absolute atomic E-state index is 0.00919. The van der Waals surface area contributed by atoms with E-state index in [0.717, 1.165) is 118 Å². The molecule has 30 nitrogen and oxygen atoms in total. The predicted molar refractivity (Wildman–Crippen MR) is 573 cm³/mol. The van der Waals surface area contributed by atoms with Crippen LogP contribution < -0.4 is 48.8 Å². The zero-order valence-electron chi connectivity index (χ0n) is 84.2. The Morgan fingerprint density at radius 3 is 1.59 bits per heavy atom. The van der Waals surface area contributed by atoms with Gasteiger partial charge in [0.1, 0.15) is 17.0 Å². The SMILES string of the molecule is CN1C(=O)[C@@](CCC2CCCCC2)(C[C@H]2CCC[C@@H](NC(=O)Nc3ccccc3Cl)C2)N=C1N.CN1OC(C)(c2cccc(-c3cccc(OC(F)(F)F)c3)c2)N=C1N.COC[C@H]1CCCC1C(=O)c1cccc(CN2C(=O)C(C)(c3cccc(Br)c3)N=C2N)c1.COc1cccc(-c2cccc(C3(C)N=C(N)N(C)O3)c2)c1.NC1=NC(c2ccccc2)(c2ccccc2)C(=O)N1Cc1cccc(C(=O)N2CCS(=O)CC2)c1. The molecule has 12 N–H and O–H groups in total. The third-order valence-corrected chi connectivity index (χ3v) is 30.6. The fourth-order valence-electron chi connectivity index (χ4n) is 20.7. The van der Waals surface area contributed by atoms with Gasteiger partial charge in [-0.05, 0) is 212 Å². The van der Waals surface area contributed by atoms with E-state index in [1.807, 2.05) is 183 Å². The molecule has 36 heteroatoms. The van der Waals surface area contributed by atoms with Gasteiger partial charge in [-0.25, -0.2) is 49.6 Å². The number of hydrogen-bond donors (Lipinski definition) is 7. The molecule has 4 fully saturated rings. The van der Waals surface area contributed by atoms with Gasteiger partial charge in [-0.3, -0.25) is 42.9 Å². The fraction of sp³-hybridized carbons (Fsp3) is 0.366. The maximum atomic E-state index is 14.0. The second-order valence-electron chi connectivity index (χ2n) is 38.9. The molecule has 0 aromatic heterocycles. The number of para-hydroxylation sites is 1. The first kappa shape index (κ1) is 108. The van der Waals surface area contributed by atoms with Crippen molar-refractivity contribution in [1.82, 2.24) is 35.0 Å². The smallest absolute Gasteiger partial charge is 0.497 e. The molecule has 3 saturated carbocycles. The van der Waals surface area contributed by atoms with Crippen LogP contribution in [0.3, 0.4) is 0 Å². The highest BCUT2D eigenvalue weighted by Gasteiger charge is 2.53. The molecule has 1 saturated heterocycles. The predicted octanol–water partition coefficient (Wildman–Crippen LogP) is 18.4. The summed E-state index contributed by atoms with van der Waals surface area (Å²) in [5, 5.41) is 9.32. The number of amides is 6. The lowest BCUT2D eigenvalue weighted by atomic mass is 9.74. The van der Waals surface area contributed by atoms with Crippen LogP contribution in [-0.4, -0.2) is 184 Å². The van der Waals surface area contributed by atoms with Gasteiger partial charge in [0.15, 0.2) is 34.7 Å². The minimum atomic E-state index is -4.73. The molecule has 6 heterocycles. The Kier molecular flexibility index (Phi) is 34.8. The average Bonchev–Trinajstić information content (AvgIpc) is 1.57. The van der Waals surface area contributed by atoms with Gasteiger partial charge in [0.25, 0.3) is 23.6 Å². The van der Waals surface area contributed by atoms with Crippen molar-refractivity contribution < 1.29 is 70.0 Å². The molecular weight excluding hydrogens is 1990 g/mol. The average molecular weight is 2120 g/mol. The van der Waals surface area contributed by atoms with Gasteiger partial charge >= 0.3 is 12.4 Å². The van der Waals surface area contributed by atoms with E-state index in [9.17, 15) is 46.1 Å². The van der Waals surface area contributed by atoms with Crippen molar-refractivity contribution in [3.8, 4) is 33.8 Å². The summed E-state index contributed by atoms with van der Waals surface area (Å²) < 4.78 is 64.3. The maximum Gasteiger partial charge on any atom is 0.573 e. The molecule has 4 unspecified atom stereocenters. The van der Waals surface area contributed by atoms with Crippen LogP contribution in [0, 0.1) is 23.7 Å². The molecule has 10 aromatic rings. The zero-order chi connectivity index (χ0) is 105. The number of urea groups is 1. The largest absolute Gasteiger partial charge is 0.573 e. The summed E-state index contributed by atoms with van der Waals surface area (Å²) in [5.41, 5.74) is 36.1. The van der Waals surface area contributed by atoms with Crippen molar-refractivity contribution >= 4 is 109 Å². The van der Waals surface area contributed by atoms with Gasteiger partial charge in [-0.1, -0.05) is 255 Å². The number of hydroxylamine groups is 4. The van der Waals surface area contributed by atoms with E-state index < -0.39 is 45.2 Å². The summed E-state index contributed by atoms with van der Waals surface area (Å²) in [6, 6.07) is 77.1. The summed E-state index contributed by atoms with van der Waals surface area (Å²) in [6.07, 6.45) is 11.0. The van der Waals surface area contributed by atoms with Gasteiger partial charge in [0, 0.05) is 109 Å². The van der Waals surface area contributed by atoms with Crippen molar-refractivity contribution in [3.63, 3.8) is 0 Å². The van der Waals surface area contributed by atoms with Crippen LogP contribution >= 0.6 is 27.5 Å². The number of methoxy groups -OCH3 is 2. The summed E-state index contributed by atoms with van der Waals surface area (Å²) in [7, 11) is 7.61. The number of carbonyl (C=O) groups excluding carboxylic acids is 6. The Hall–Kier alpha value is -13.8. The summed E-state index contributed by atoms with van der Waals surface area (Å²) >= 11 is 9.62. The lowest BCUT2D eigenvalue weighted by Crippen LogP contribution is -2.45. The lowest BCUT2D eigenvalue weighted by Gasteiger charge is -2.35. The molecule has 778 valence electrons. The van der Waals surface area contributed by atoms with Crippen LogP contribution in [0.5, 0.6) is 11.5 Å². The number of ketones is 1. The van der Waals surface area contributed by atoms with Gasteiger partial charge in [-0.2, -0.15) is 0 Å². The van der Waals surface area contributed by atoms with Crippen LogP contribution in [0.4, 0.5) is 23.7 Å². The molecule has 6 amide bonds. The number of rotatable bonds is 25. The number of ether oxygens (including phenoxy) is 3. The van der Waals surface area contributed by atoms with Crippen LogP contribution in [0.1, 0.15) is 177 Å². The molecule has 0 radical (unpaired) electrons. The van der Waals surface area contributed by atoms with Crippen LogP contribution in [0.15, 0.2) is 284 Å². The number of anilines is 1. The quantitative estimate of drug-likeness (QED) is 0.0261. The third kappa shape index (κ3) is 25.7. The van der Waals surface area contributed by atoms with Crippen molar-refractivity contribution in [1.29, 1.82) is 0 Å². The Bertz CT molecular complexity index is 6610. The second-order valence-corrected chi connectivity index (χ2v) is 41.9. The molecular formula is C112H127BrClF3N18O12S. The number of nitrogens with one attached hydrogen (secondary N) is 2. The first-order valence-corrected chi connectivity index (χ1v) is 52.3. The van der Waals surface area contributed by atoms with Crippen molar-refractivity contribution in [2.75, 3.05) is 71.9 Å². The van der Waals surface area contributed by atoms with Crippen molar-refractivity contribution in [2.24, 2.45) is 77.3 Å². The van der Waals surface area contributed by atoms with E-state index in [0.29, 0.717) is 94.3 Å². The first-order valence-electron chi connectivity index (χ1n) is 49.7. The zero-order valence-corrected chi connectivity index (χ0v) is 87.4. The van der Waals surface area contributed by atoms with E-state index in [1.54, 1.807) is 109 Å². The molecule has 6 aliphatic heterocycles. The number of alkyl halides is 3. The highest BCUT2D eigenvalue weighted by atomic mass is 79.9. The van der Waals surface area contributed by atoms with Gasteiger partial charge in [-0.15, -0.1) is 13.2 Å². The summed E-state index contributed by atoms with van der Waals surface area (Å²) in [6.45, 7) is 7.47. The summed E-state index contributed by atoms with van der Waals surface area (Å²) in [4.78, 5) is 120. The van der Waals surface area contributed by atoms with Crippen LogP contribution in [0.25, 0.3) is 22.3 Å². The third-order valence-electron chi connectivity index (χ3n) is 28.5. The van der Waals surface area contributed by atoms with Crippen molar-refractivity contribution in [2.45, 2.75) is 171 Å². The molecule has 8 atom stereocenters. The molecule has 148 heavy (non-hydrogen) atoms. The normalized spacial score (nSPS) is 22.7. The number of hydrogen-bond acceptors (Lipinski definition) is 24. The number of aliphatic imine (C=N–C) groups is 5. The minimum Gasteiger partial charge on any atom is -0.497 e. The number of carbonyl (C=O) groups is 6. The Morgan fingerprint density at radius 2 is 1.03 bits per heavy atom. The molecule has 9 aliphatic rings. The molecule has 3 aliphatic carbocycles. The number of benzene rings is 10. The van der Waals surface area contributed by atoms with Crippen LogP contribution in [0.2, 0.25) is 5.02 Å². The standard InChI is InChI=1S/C27H26N4O3S.C26H38ClN5O2.C25H28BrN3O3.C17H16F3N3O2.C17H19N3O2/c28-26-29-27(22-10-3-1-4-11-22,23-12-5-2-6-13-23)25(33)31(26)19-20-8-7-9-21(18-20)24(32)30-14-16-35(34)17-15-30;1-32-23(33)26(31-24(32)28,15-14-18-8-3-2-4-9-18)17-19-10-7-11-20(16-19)29-25(34)30-22-13-6-5-12-21(22)27;1-25(19-9-5-10-20(26)13-19)23(31)29(24(27)28-25)14-16-6-3-7-17(12-16)22(30)21-11-4-8-18(21)15-32-2;1-16(22-15(21)23(2)25-16)13-7-3-5-11(9-13)12-6-4-8-14(10-12)24-17(18,19)20;1-17(19-16(18)20(2)22-17)14-8-4-6-12(10-14)13-7-5-9-15(11-13)21-3/h1-13,18H,14-17,19H2,(H2,28,29);5-6,12-13,18-20H,2-4,7-11,14-17H2,1H3,(H2,28,31)(H2,29,30,34);3,5-7,9-10,12-13,18,21H,4,8,11,14-15H2,1-2H3,(H2,27,28);3-10H,1-2H3,(H2,21,22);4-11H,1-3H3,(H2,18,19)/t;19-,20+,26+;18-,21?,25?;;/m.01../s1. The Morgan fingerprint density at radius 1 is 0.520 bits per heavy atom. The molecule has 19 rings (SSSR count). The Labute approximate surface area is 876 Å². The highest BCUT2D eigenvalue weighted by Crippen LogP contribution is 2.46. The molecule has 10 aromatic carbocycles. The number of likely N-dealkylation sites (N-methyl/N-ethyl adjacent to an activating group) is 1. The van der Waals surface area contributed by atoms with E-state index in [-0.39, 0.29) is 90.0 Å². The lowest BCUT2D eigenvalue weighted by molar-refractivity contribution is -0.274. The second kappa shape index (κ2) is 47.6. The number of Topliss-reactive ketones (excluding diaryl/α,β-unsaturated/α-hetero) is 1. The molecule has 0 bridgehead atoms. The molecule has 0 spiro atoms. The number of guanidine groups is 5. The van der Waals surface area contributed by atoms with E-state index in [2.05, 4.69) is 52.3 Å². The topological polar surface area (TPSA) is 401 Å². The summed E-state index contributed by atoms with van der Waals surface area (Å²) in [5.74, 6) is 3.76. The Balaban J connectivity index is 0.000000140. The number of nitrogens with two attached hydrogens (primary N) is 5. The highest BCUT2D eigenvalue weighted by molar-refractivity contribution is 9.10. The fourth-order valence-corrected chi connectivity index (χ4v) is 22.3. The first-order chi connectivity index (χ1) is 70.9. The van der Waals surface area contributed by atoms with Crippen molar-refractivity contribution in [3.05, 3.63) is 314 Å². The monoisotopic (exact) mass is 2120 g/mol. The van der Waals surface area contributed by atoms with E-state index >= 15 is 0 Å². The number of nitrogens with zero attached hydrogens (tertiary/aromatic N) is 11. The van der Waals surface area contributed by atoms with Gasteiger partial charge in [0.05, 0.1) is 30.9 Å². The van der Waals surface area contributed by atoms with Crippen LogP contribution in [-0.2, 0) is 75.2 Å². The maximum absolute atomic E-state index is 14.0. The van der Waals surface area contributed by atoms with Gasteiger partial charge < -0.3 is 58.4 Å². The number of halogens is 5. The van der Waals surface area contributed by atoms with E-state index in [1.165, 1.54) is 75.1 Å².